The first-order chi connectivity index (χ1) is 15.9. The molecule has 33 heavy (non-hydrogen) atoms. The van der Waals surface area contributed by atoms with Gasteiger partial charge in [-0.05, 0) is 54.8 Å². The standard InChI is InChI=1S/C28H25N3O2/c1-19-12-14-21(15-13-19)23-9-5-6-10-24(23)27(32)30-26-17-16-22(18-29-26)28(33)31(3)25-11-7-4-8-20(25)2/h4-18H,1-3H3,(H,29,30,32). The van der Waals surface area contributed by atoms with Gasteiger partial charge in [0.2, 0.25) is 0 Å². The SMILES string of the molecule is Cc1ccc(-c2ccccc2C(=O)Nc2ccc(C(=O)N(C)c3ccccc3C)cn2)cc1. The molecule has 0 aliphatic carbocycles. The third kappa shape index (κ3) is 4.83. The number of carbonyl (C=O) groups excluding carboxylic acids is 2. The molecule has 2 amide bonds. The Morgan fingerprint density at radius 1 is 0.818 bits per heavy atom. The summed E-state index contributed by atoms with van der Waals surface area (Å²) in [5.41, 5.74) is 5.83. The molecule has 0 saturated heterocycles. The van der Waals surface area contributed by atoms with Crippen LogP contribution >= 0.6 is 0 Å². The van der Waals surface area contributed by atoms with Gasteiger partial charge in [0.25, 0.3) is 11.8 Å². The van der Waals surface area contributed by atoms with Gasteiger partial charge in [0.05, 0.1) is 5.56 Å². The summed E-state index contributed by atoms with van der Waals surface area (Å²) >= 11 is 0. The van der Waals surface area contributed by atoms with Crippen LogP contribution in [0.5, 0.6) is 0 Å². The first kappa shape index (κ1) is 22.0. The van der Waals surface area contributed by atoms with Gasteiger partial charge in [0.1, 0.15) is 5.82 Å². The van der Waals surface area contributed by atoms with Crippen LogP contribution < -0.4 is 10.2 Å². The zero-order valence-electron chi connectivity index (χ0n) is 18.9. The van der Waals surface area contributed by atoms with Gasteiger partial charge in [-0.2, -0.15) is 0 Å². The second-order valence-electron chi connectivity index (χ2n) is 7.95. The lowest BCUT2D eigenvalue weighted by molar-refractivity contribution is 0.0991. The predicted molar refractivity (Wildman–Crippen MR) is 133 cm³/mol. The number of amides is 2. The van der Waals surface area contributed by atoms with E-state index in [-0.39, 0.29) is 11.8 Å². The largest absolute Gasteiger partial charge is 0.311 e. The van der Waals surface area contributed by atoms with E-state index >= 15 is 0 Å². The van der Waals surface area contributed by atoms with Crippen molar-refractivity contribution < 1.29 is 9.59 Å². The van der Waals surface area contributed by atoms with Gasteiger partial charge in [0, 0.05) is 24.5 Å². The van der Waals surface area contributed by atoms with Crippen LogP contribution in [0.3, 0.4) is 0 Å². The van der Waals surface area contributed by atoms with Gasteiger partial charge in [-0.15, -0.1) is 0 Å². The van der Waals surface area contributed by atoms with Crippen molar-refractivity contribution in [2.45, 2.75) is 13.8 Å². The molecule has 5 nitrogen and oxygen atoms in total. The van der Waals surface area contributed by atoms with Crippen molar-refractivity contribution in [3.63, 3.8) is 0 Å². The van der Waals surface area contributed by atoms with Crippen molar-refractivity contribution in [3.8, 4) is 11.1 Å². The fourth-order valence-corrected chi connectivity index (χ4v) is 3.69. The number of rotatable bonds is 5. The molecule has 0 unspecified atom stereocenters. The summed E-state index contributed by atoms with van der Waals surface area (Å²) in [6.45, 7) is 3.99. The number of pyridine rings is 1. The third-order valence-corrected chi connectivity index (χ3v) is 5.57. The maximum absolute atomic E-state index is 13.0. The van der Waals surface area contributed by atoms with E-state index in [0.717, 1.165) is 27.9 Å². The minimum absolute atomic E-state index is 0.167. The van der Waals surface area contributed by atoms with E-state index in [9.17, 15) is 9.59 Å². The predicted octanol–water partition coefficient (Wildman–Crippen LogP) is 5.89. The monoisotopic (exact) mass is 435 g/mol. The Morgan fingerprint density at radius 3 is 2.21 bits per heavy atom. The van der Waals surface area contributed by atoms with Gasteiger partial charge in [-0.1, -0.05) is 66.2 Å². The molecule has 0 fully saturated rings. The lowest BCUT2D eigenvalue weighted by atomic mass is 9.98. The van der Waals surface area contributed by atoms with Crippen LogP contribution in [0, 0.1) is 13.8 Å². The highest BCUT2D eigenvalue weighted by molar-refractivity contribution is 6.09. The molecule has 0 atom stereocenters. The van der Waals surface area contributed by atoms with Gasteiger partial charge in [-0.3, -0.25) is 9.59 Å². The quantitative estimate of drug-likeness (QED) is 0.425. The smallest absolute Gasteiger partial charge is 0.259 e. The number of nitrogens with zero attached hydrogens (tertiary/aromatic N) is 2. The average molecular weight is 436 g/mol. The number of aryl methyl sites for hydroxylation is 2. The van der Waals surface area contributed by atoms with E-state index in [1.54, 1.807) is 30.1 Å². The fraction of sp³-hybridized carbons (Fsp3) is 0.107. The molecule has 4 rings (SSSR count). The molecule has 0 bridgehead atoms. The molecular formula is C28H25N3O2. The van der Waals surface area contributed by atoms with Gasteiger partial charge in [0.15, 0.2) is 0 Å². The highest BCUT2D eigenvalue weighted by atomic mass is 16.2. The molecule has 1 heterocycles. The summed E-state index contributed by atoms with van der Waals surface area (Å²) in [6.07, 6.45) is 1.48. The van der Waals surface area contributed by atoms with Crippen LogP contribution in [0.25, 0.3) is 11.1 Å². The molecule has 3 aromatic carbocycles. The molecule has 0 saturated carbocycles. The number of benzene rings is 3. The lowest BCUT2D eigenvalue weighted by Gasteiger charge is -2.19. The number of hydrogen-bond donors (Lipinski definition) is 1. The normalized spacial score (nSPS) is 10.5. The Balaban J connectivity index is 1.51. The molecular weight excluding hydrogens is 410 g/mol. The van der Waals surface area contributed by atoms with Crippen LogP contribution in [0.4, 0.5) is 11.5 Å². The number of anilines is 2. The first-order valence-corrected chi connectivity index (χ1v) is 10.7. The van der Waals surface area contributed by atoms with Crippen molar-refractivity contribution in [2.24, 2.45) is 0 Å². The van der Waals surface area contributed by atoms with Crippen LogP contribution in [0.2, 0.25) is 0 Å². The molecule has 164 valence electrons. The van der Waals surface area contributed by atoms with Crippen molar-refractivity contribution in [1.29, 1.82) is 0 Å². The Bertz CT molecular complexity index is 1300. The Kier molecular flexibility index (Phi) is 6.31. The maximum atomic E-state index is 13.0. The molecule has 1 N–H and O–H groups in total. The summed E-state index contributed by atoms with van der Waals surface area (Å²) in [7, 11) is 1.74. The van der Waals surface area contributed by atoms with Crippen LogP contribution in [-0.2, 0) is 0 Å². The fourth-order valence-electron chi connectivity index (χ4n) is 3.69. The van der Waals surface area contributed by atoms with Crippen LogP contribution in [0.15, 0.2) is 91.1 Å². The molecule has 0 aliphatic heterocycles. The van der Waals surface area contributed by atoms with E-state index in [0.29, 0.717) is 16.9 Å². The third-order valence-electron chi connectivity index (χ3n) is 5.57. The number of nitrogens with one attached hydrogen (secondary N) is 1. The van der Waals surface area contributed by atoms with E-state index in [1.807, 2.05) is 80.6 Å². The zero-order chi connectivity index (χ0) is 23.4. The first-order valence-electron chi connectivity index (χ1n) is 10.7. The van der Waals surface area contributed by atoms with Crippen molar-refractivity contribution in [1.82, 2.24) is 4.98 Å². The molecule has 5 heteroatoms. The van der Waals surface area contributed by atoms with Gasteiger partial charge in [-0.25, -0.2) is 4.98 Å². The van der Waals surface area contributed by atoms with E-state index in [2.05, 4.69) is 10.3 Å². The zero-order valence-corrected chi connectivity index (χ0v) is 18.9. The highest BCUT2D eigenvalue weighted by Crippen LogP contribution is 2.25. The average Bonchev–Trinajstić information content (AvgIpc) is 2.84. The summed E-state index contributed by atoms with van der Waals surface area (Å²) in [5, 5.41) is 2.84. The molecule has 4 aromatic rings. The maximum Gasteiger partial charge on any atom is 0.259 e. The number of hydrogen-bond acceptors (Lipinski definition) is 3. The van der Waals surface area contributed by atoms with Gasteiger partial charge >= 0.3 is 0 Å². The molecule has 0 radical (unpaired) electrons. The van der Waals surface area contributed by atoms with Crippen LogP contribution in [-0.4, -0.2) is 23.8 Å². The number of para-hydroxylation sites is 1. The highest BCUT2D eigenvalue weighted by Gasteiger charge is 2.17. The number of carbonyl (C=O) groups is 2. The lowest BCUT2D eigenvalue weighted by Crippen LogP contribution is -2.27. The summed E-state index contributed by atoms with van der Waals surface area (Å²) in [5.74, 6) is -0.0389. The van der Waals surface area contributed by atoms with Crippen LogP contribution in [0.1, 0.15) is 31.8 Å². The molecule has 0 spiro atoms. The second-order valence-corrected chi connectivity index (χ2v) is 7.95. The Hall–Kier alpha value is -4.25. The van der Waals surface area contributed by atoms with Crippen molar-refractivity contribution >= 4 is 23.3 Å². The van der Waals surface area contributed by atoms with E-state index in [4.69, 9.17) is 0 Å². The minimum Gasteiger partial charge on any atom is -0.311 e. The Labute approximate surface area is 193 Å². The Morgan fingerprint density at radius 2 is 1.52 bits per heavy atom. The van der Waals surface area contributed by atoms with Crippen molar-refractivity contribution in [3.05, 3.63) is 113 Å². The second kappa shape index (κ2) is 9.49. The number of aromatic nitrogens is 1. The molecule has 0 aliphatic rings. The van der Waals surface area contributed by atoms with E-state index in [1.165, 1.54) is 6.20 Å². The van der Waals surface area contributed by atoms with Crippen molar-refractivity contribution in [2.75, 3.05) is 17.3 Å². The van der Waals surface area contributed by atoms with E-state index < -0.39 is 0 Å². The van der Waals surface area contributed by atoms with Gasteiger partial charge < -0.3 is 10.2 Å². The summed E-state index contributed by atoms with van der Waals surface area (Å²) < 4.78 is 0. The molecule has 1 aromatic heterocycles. The minimum atomic E-state index is -0.255. The topological polar surface area (TPSA) is 62.3 Å². The summed E-state index contributed by atoms with van der Waals surface area (Å²) in [6, 6.07) is 26.5. The summed E-state index contributed by atoms with van der Waals surface area (Å²) in [4.78, 5) is 31.8.